The van der Waals surface area contributed by atoms with Crippen LogP contribution in [0.1, 0.15) is 49.8 Å². The van der Waals surface area contributed by atoms with E-state index in [9.17, 15) is 9.32 Å². The van der Waals surface area contributed by atoms with Gasteiger partial charge < -0.3 is 10.8 Å². The summed E-state index contributed by atoms with van der Waals surface area (Å²) in [6.07, 6.45) is 6.90. The Bertz CT molecular complexity index is 1250. The summed E-state index contributed by atoms with van der Waals surface area (Å²) in [5.41, 5.74) is 10.4. The van der Waals surface area contributed by atoms with Crippen LogP contribution in [0.2, 0.25) is 0 Å². The lowest BCUT2D eigenvalue weighted by Crippen LogP contribution is -2.36. The largest absolute Gasteiger partial charge is 0.390 e. The first-order valence-corrected chi connectivity index (χ1v) is 12.9. The maximum Gasteiger partial charge on any atom is 0.134 e. The number of H-pyrrole nitrogens is 1. The number of nitrogen functional groups attached to an aromatic ring is 1. The standard InChI is InChI=1S/C24H32N6O2S/c1-16-6-7-19(33(26,32)28-11-10-24(31)8-4-3-5-9-24)14-20(16)18-13-21(23(25)27-15-18)22-12-17(2)29-30-22/h6-7,12-15,31H,3-5,8-11H2,1-2H3,(H2,25,27)(H,29,30)(H2,26,28,32). The SMILES string of the molecule is Cc1cc(-c2cc(-c3cc(S(=N)(=O)NCCC4(O)CCCCC4)ccc3C)cnc2N)n[nH]1. The minimum absolute atomic E-state index is 0.328. The summed E-state index contributed by atoms with van der Waals surface area (Å²) in [4.78, 5) is 4.74. The van der Waals surface area contributed by atoms with Crippen molar-refractivity contribution < 1.29 is 9.32 Å². The lowest BCUT2D eigenvalue weighted by atomic mass is 9.83. The normalized spacial score (nSPS) is 17.5. The van der Waals surface area contributed by atoms with Crippen molar-refractivity contribution in [2.45, 2.75) is 62.9 Å². The number of nitrogens with one attached hydrogen (secondary N) is 3. The molecule has 1 aliphatic rings. The Balaban J connectivity index is 1.57. The van der Waals surface area contributed by atoms with E-state index in [1.54, 1.807) is 18.3 Å². The maximum absolute atomic E-state index is 13.2. The molecule has 1 aromatic carbocycles. The highest BCUT2D eigenvalue weighted by Gasteiger charge is 2.29. The van der Waals surface area contributed by atoms with Crippen molar-refractivity contribution in [1.82, 2.24) is 19.9 Å². The first-order chi connectivity index (χ1) is 15.7. The van der Waals surface area contributed by atoms with Crippen LogP contribution in [-0.2, 0) is 9.92 Å². The van der Waals surface area contributed by atoms with Gasteiger partial charge in [0, 0.05) is 29.6 Å². The zero-order valence-corrected chi connectivity index (χ0v) is 20.0. The number of hydrogen-bond donors (Lipinski definition) is 5. The van der Waals surface area contributed by atoms with Crippen LogP contribution in [0.5, 0.6) is 0 Å². The van der Waals surface area contributed by atoms with E-state index in [2.05, 4.69) is 19.9 Å². The number of pyridine rings is 1. The molecule has 0 spiro atoms. The van der Waals surface area contributed by atoms with Crippen LogP contribution in [0.25, 0.3) is 22.4 Å². The fourth-order valence-electron chi connectivity index (χ4n) is 4.45. The van der Waals surface area contributed by atoms with Crippen molar-refractivity contribution in [2.75, 3.05) is 12.3 Å². The number of rotatable bonds is 7. The molecule has 1 saturated carbocycles. The van der Waals surface area contributed by atoms with Crippen LogP contribution < -0.4 is 10.5 Å². The van der Waals surface area contributed by atoms with Crippen molar-refractivity contribution in [3.8, 4) is 22.4 Å². The van der Waals surface area contributed by atoms with Gasteiger partial charge in [0.25, 0.3) is 0 Å². The predicted octanol–water partition coefficient (Wildman–Crippen LogP) is 4.33. The summed E-state index contributed by atoms with van der Waals surface area (Å²) in [6.45, 7) is 4.21. The van der Waals surface area contributed by atoms with Gasteiger partial charge in [-0.3, -0.25) is 5.10 Å². The highest BCUT2D eigenvalue weighted by atomic mass is 32.2. The summed E-state index contributed by atoms with van der Waals surface area (Å²) in [6, 6.07) is 9.19. The number of anilines is 1. The molecule has 6 N–H and O–H groups in total. The molecule has 9 heteroatoms. The second kappa shape index (κ2) is 9.24. The van der Waals surface area contributed by atoms with E-state index in [1.165, 1.54) is 0 Å². The van der Waals surface area contributed by atoms with Gasteiger partial charge >= 0.3 is 0 Å². The molecule has 8 nitrogen and oxygen atoms in total. The van der Waals surface area contributed by atoms with Crippen LogP contribution in [0.3, 0.4) is 0 Å². The van der Waals surface area contributed by atoms with E-state index in [4.69, 9.17) is 10.5 Å². The van der Waals surface area contributed by atoms with Crippen molar-refractivity contribution in [3.63, 3.8) is 0 Å². The van der Waals surface area contributed by atoms with Gasteiger partial charge in [0.2, 0.25) is 0 Å². The molecule has 0 aliphatic heterocycles. The quantitative estimate of drug-likeness (QED) is 0.351. The maximum atomic E-state index is 13.2. The van der Waals surface area contributed by atoms with Crippen molar-refractivity contribution in [2.24, 2.45) is 0 Å². The Morgan fingerprint density at radius 1 is 1.18 bits per heavy atom. The van der Waals surface area contributed by atoms with Gasteiger partial charge in [-0.05, 0) is 68.5 Å². The summed E-state index contributed by atoms with van der Waals surface area (Å²) in [5.74, 6) is 0.380. The first kappa shape index (κ1) is 23.4. The third kappa shape index (κ3) is 5.26. The van der Waals surface area contributed by atoms with E-state index < -0.39 is 15.5 Å². The average Bonchev–Trinajstić information content (AvgIpc) is 3.20. The number of benzene rings is 1. The fourth-order valence-corrected chi connectivity index (χ4v) is 5.55. The van der Waals surface area contributed by atoms with Gasteiger partial charge in [-0.2, -0.15) is 5.10 Å². The molecule has 176 valence electrons. The van der Waals surface area contributed by atoms with Crippen molar-refractivity contribution in [1.29, 1.82) is 4.78 Å². The number of hydrogen-bond acceptors (Lipinski definition) is 6. The molecule has 3 aromatic rings. The van der Waals surface area contributed by atoms with E-state index >= 15 is 0 Å². The van der Waals surface area contributed by atoms with E-state index in [0.717, 1.165) is 54.5 Å². The molecule has 0 radical (unpaired) electrons. The summed E-state index contributed by atoms with van der Waals surface area (Å²) >= 11 is 0. The van der Waals surface area contributed by atoms with E-state index in [-0.39, 0.29) is 0 Å². The van der Waals surface area contributed by atoms with Gasteiger partial charge in [-0.1, -0.05) is 25.3 Å². The monoisotopic (exact) mass is 468 g/mol. The minimum atomic E-state index is -3.23. The average molecular weight is 469 g/mol. The summed E-state index contributed by atoms with van der Waals surface area (Å²) in [7, 11) is -3.23. The van der Waals surface area contributed by atoms with Crippen molar-refractivity contribution >= 4 is 15.7 Å². The van der Waals surface area contributed by atoms with Gasteiger partial charge in [0.15, 0.2) is 0 Å². The van der Waals surface area contributed by atoms with Gasteiger partial charge in [0.1, 0.15) is 15.7 Å². The Morgan fingerprint density at radius 3 is 2.64 bits per heavy atom. The fraction of sp³-hybridized carbons (Fsp3) is 0.417. The van der Waals surface area contributed by atoms with Crippen LogP contribution in [-0.4, -0.2) is 36.6 Å². The molecule has 1 aliphatic carbocycles. The highest BCUT2D eigenvalue weighted by molar-refractivity contribution is 7.90. The molecule has 2 heterocycles. The molecule has 0 amide bonds. The molecule has 1 unspecified atom stereocenters. The molecular formula is C24H32N6O2S. The summed E-state index contributed by atoms with van der Waals surface area (Å²) < 4.78 is 24.6. The predicted molar refractivity (Wildman–Crippen MR) is 131 cm³/mol. The third-order valence-corrected chi connectivity index (χ3v) is 7.96. The summed E-state index contributed by atoms with van der Waals surface area (Å²) in [5, 5.41) is 17.9. The molecule has 1 atom stereocenters. The zero-order chi connectivity index (χ0) is 23.6. The van der Waals surface area contributed by atoms with Crippen molar-refractivity contribution in [3.05, 3.63) is 47.8 Å². The number of aliphatic hydroxyl groups is 1. The number of nitrogens with zero attached hydrogens (tertiary/aromatic N) is 2. The second-order valence-electron chi connectivity index (χ2n) is 9.06. The number of aromatic nitrogens is 3. The first-order valence-electron chi connectivity index (χ1n) is 11.3. The molecule has 33 heavy (non-hydrogen) atoms. The number of aryl methyl sites for hydroxylation is 2. The molecule has 2 aromatic heterocycles. The van der Waals surface area contributed by atoms with Gasteiger partial charge in [-0.15, -0.1) is 0 Å². The number of aromatic amines is 1. The van der Waals surface area contributed by atoms with Gasteiger partial charge in [0.05, 0.1) is 16.2 Å². The minimum Gasteiger partial charge on any atom is -0.390 e. The van der Waals surface area contributed by atoms with Crippen LogP contribution in [0.15, 0.2) is 41.4 Å². The molecule has 0 bridgehead atoms. The lowest BCUT2D eigenvalue weighted by molar-refractivity contribution is -0.00211. The molecule has 1 fully saturated rings. The van der Waals surface area contributed by atoms with E-state index in [0.29, 0.717) is 34.9 Å². The molecular weight excluding hydrogens is 436 g/mol. The molecule has 0 saturated heterocycles. The number of nitrogens with two attached hydrogens (primary N) is 1. The zero-order valence-electron chi connectivity index (χ0n) is 19.1. The Kier molecular flexibility index (Phi) is 6.56. The lowest BCUT2D eigenvalue weighted by Gasteiger charge is -2.32. The highest BCUT2D eigenvalue weighted by Crippen LogP contribution is 2.33. The van der Waals surface area contributed by atoms with Crippen LogP contribution in [0, 0.1) is 18.6 Å². The Labute approximate surface area is 195 Å². The van der Waals surface area contributed by atoms with Crippen LogP contribution in [0.4, 0.5) is 5.82 Å². The van der Waals surface area contributed by atoms with E-state index in [1.807, 2.05) is 32.0 Å². The molecule has 4 rings (SSSR count). The smallest absolute Gasteiger partial charge is 0.134 e. The Hall–Kier alpha value is -2.75. The third-order valence-electron chi connectivity index (χ3n) is 6.43. The topological polar surface area (TPSA) is 141 Å². The second-order valence-corrected chi connectivity index (χ2v) is 10.9. The van der Waals surface area contributed by atoms with Crippen LogP contribution >= 0.6 is 0 Å². The van der Waals surface area contributed by atoms with Gasteiger partial charge in [-0.25, -0.2) is 18.7 Å². The Morgan fingerprint density at radius 2 is 1.94 bits per heavy atom.